The van der Waals surface area contributed by atoms with E-state index < -0.39 is 0 Å². The van der Waals surface area contributed by atoms with Gasteiger partial charge in [-0.2, -0.15) is 0 Å². The van der Waals surface area contributed by atoms with Crippen LogP contribution in [-0.4, -0.2) is 14.2 Å². The molecule has 0 unspecified atom stereocenters. The van der Waals surface area contributed by atoms with Gasteiger partial charge in [-0.25, -0.2) is 0 Å². The number of fused-ring (bicyclic) bond motifs is 1. The van der Waals surface area contributed by atoms with E-state index in [4.69, 9.17) is 9.47 Å². The summed E-state index contributed by atoms with van der Waals surface area (Å²) in [5.74, 6) is 1.81. The molecule has 0 N–H and O–H groups in total. The Morgan fingerprint density at radius 1 is 0.742 bits per heavy atom. The lowest BCUT2D eigenvalue weighted by Gasteiger charge is -2.19. The molecule has 2 heteroatoms. The van der Waals surface area contributed by atoms with Crippen molar-refractivity contribution in [1.82, 2.24) is 0 Å². The van der Waals surface area contributed by atoms with Crippen molar-refractivity contribution in [2.45, 2.75) is 33.6 Å². The molecule has 0 saturated carbocycles. The Kier molecular flexibility index (Phi) is 5.99. The molecule has 0 spiro atoms. The van der Waals surface area contributed by atoms with Crippen molar-refractivity contribution in [1.29, 1.82) is 0 Å². The van der Waals surface area contributed by atoms with Gasteiger partial charge in [0, 0.05) is 0 Å². The van der Waals surface area contributed by atoms with E-state index in [0.717, 1.165) is 46.6 Å². The van der Waals surface area contributed by atoms with Crippen LogP contribution in [0.25, 0.3) is 33.0 Å². The Labute approximate surface area is 185 Å². The Morgan fingerprint density at radius 2 is 1.32 bits per heavy atom. The molecule has 31 heavy (non-hydrogen) atoms. The first-order valence-corrected chi connectivity index (χ1v) is 10.8. The molecule has 0 fully saturated rings. The molecule has 0 aliphatic heterocycles. The molecule has 2 nitrogen and oxygen atoms in total. The van der Waals surface area contributed by atoms with Gasteiger partial charge in [0.25, 0.3) is 0 Å². The van der Waals surface area contributed by atoms with Gasteiger partial charge in [0.05, 0.1) is 14.2 Å². The van der Waals surface area contributed by atoms with Crippen LogP contribution in [0.2, 0.25) is 0 Å². The van der Waals surface area contributed by atoms with Crippen LogP contribution in [0.5, 0.6) is 11.5 Å². The minimum Gasteiger partial charge on any atom is -0.496 e. The molecule has 4 aromatic rings. The highest BCUT2D eigenvalue weighted by Crippen LogP contribution is 2.41. The lowest BCUT2D eigenvalue weighted by molar-refractivity contribution is 0.411. The Bertz CT molecular complexity index is 1240. The van der Waals surface area contributed by atoms with Gasteiger partial charge >= 0.3 is 0 Å². The summed E-state index contributed by atoms with van der Waals surface area (Å²) in [6, 6.07) is 25.3. The van der Waals surface area contributed by atoms with E-state index in [1.54, 1.807) is 14.2 Å². The van der Waals surface area contributed by atoms with Crippen molar-refractivity contribution in [2.24, 2.45) is 0 Å². The molecule has 0 amide bonds. The van der Waals surface area contributed by atoms with Gasteiger partial charge in [-0.05, 0) is 100 Å². The molecule has 4 rings (SSSR count). The first-order chi connectivity index (χ1) is 15.1. The highest BCUT2D eigenvalue weighted by atomic mass is 16.5. The van der Waals surface area contributed by atoms with Crippen LogP contribution in [0.4, 0.5) is 0 Å². The fraction of sp³-hybridized carbons (Fsp3) is 0.241. The predicted octanol–water partition coefficient (Wildman–Crippen LogP) is 7.56. The molecule has 157 valence electrons. The van der Waals surface area contributed by atoms with Crippen molar-refractivity contribution >= 4 is 10.8 Å². The van der Waals surface area contributed by atoms with Crippen LogP contribution in [0.1, 0.15) is 30.0 Å². The van der Waals surface area contributed by atoms with Crippen LogP contribution in [0, 0.1) is 19.9 Å². The molecule has 0 heterocycles. The zero-order valence-electron chi connectivity index (χ0n) is 19.0. The lowest BCUT2D eigenvalue weighted by atomic mass is 9.85. The number of benzene rings is 4. The van der Waals surface area contributed by atoms with Gasteiger partial charge in [-0.3, -0.25) is 0 Å². The standard InChI is InChI=1S/C29H29O2/c1-6-9-21-18-26(22-12-14-27(30-4)19(2)16-22)29(25-11-8-7-10-24(21)25)23-13-15-28(31-5)20(3)17-23/h7-8,10-17H,6,9H2,1-5H3. The molecule has 0 aliphatic carbocycles. The van der Waals surface area contributed by atoms with Crippen molar-refractivity contribution < 1.29 is 9.47 Å². The second kappa shape index (κ2) is 8.85. The van der Waals surface area contributed by atoms with E-state index in [2.05, 4.69) is 87.5 Å². The van der Waals surface area contributed by atoms with Crippen LogP contribution in [-0.2, 0) is 6.42 Å². The highest BCUT2D eigenvalue weighted by molar-refractivity contribution is 6.05. The number of aryl methyl sites for hydroxylation is 3. The van der Waals surface area contributed by atoms with Crippen LogP contribution in [0.15, 0.2) is 60.7 Å². The summed E-state index contributed by atoms with van der Waals surface area (Å²) in [6.07, 6.45) is 2.09. The summed E-state index contributed by atoms with van der Waals surface area (Å²) in [7, 11) is 3.44. The molecule has 4 aromatic carbocycles. The topological polar surface area (TPSA) is 18.5 Å². The smallest absolute Gasteiger partial charge is 0.121 e. The van der Waals surface area contributed by atoms with Gasteiger partial charge in [-0.15, -0.1) is 0 Å². The molecular formula is C29H29O2. The summed E-state index contributed by atoms with van der Waals surface area (Å²) < 4.78 is 11.0. The Morgan fingerprint density at radius 3 is 1.90 bits per heavy atom. The maximum atomic E-state index is 5.51. The number of hydrogen-bond acceptors (Lipinski definition) is 2. The number of rotatable bonds is 6. The third kappa shape index (κ3) is 3.90. The van der Waals surface area contributed by atoms with Crippen molar-refractivity contribution in [3.63, 3.8) is 0 Å². The van der Waals surface area contributed by atoms with E-state index in [1.165, 1.54) is 27.5 Å². The second-order valence-electron chi connectivity index (χ2n) is 8.02. The SMILES string of the molecule is CCCc1[c]c(-c2ccc(OC)c(C)c2)c(-c2ccc(OC)c(C)c2)c2ccccc12. The second-order valence-corrected chi connectivity index (χ2v) is 8.02. The number of hydrogen-bond donors (Lipinski definition) is 0. The molecule has 1 radical (unpaired) electrons. The average molecular weight is 410 g/mol. The largest absolute Gasteiger partial charge is 0.496 e. The van der Waals surface area contributed by atoms with Crippen LogP contribution < -0.4 is 9.47 Å². The molecule has 0 bridgehead atoms. The van der Waals surface area contributed by atoms with Crippen molar-refractivity contribution in [2.75, 3.05) is 14.2 Å². The minimum atomic E-state index is 0.903. The van der Waals surface area contributed by atoms with Crippen LogP contribution in [0.3, 0.4) is 0 Å². The van der Waals surface area contributed by atoms with Crippen LogP contribution >= 0.6 is 0 Å². The maximum absolute atomic E-state index is 5.51. The molecule has 0 atom stereocenters. The normalized spacial score (nSPS) is 11.0. The maximum Gasteiger partial charge on any atom is 0.121 e. The minimum absolute atomic E-state index is 0.903. The van der Waals surface area contributed by atoms with Gasteiger partial charge < -0.3 is 9.47 Å². The fourth-order valence-electron chi connectivity index (χ4n) is 4.41. The third-order valence-electron chi connectivity index (χ3n) is 5.91. The summed E-state index contributed by atoms with van der Waals surface area (Å²) in [5, 5.41) is 2.54. The first kappa shape index (κ1) is 21.0. The molecule has 0 saturated heterocycles. The zero-order valence-corrected chi connectivity index (χ0v) is 19.0. The van der Waals surface area contributed by atoms with E-state index in [1.807, 2.05) is 0 Å². The third-order valence-corrected chi connectivity index (χ3v) is 5.91. The average Bonchev–Trinajstić information content (AvgIpc) is 2.79. The van der Waals surface area contributed by atoms with Gasteiger partial charge in [0.2, 0.25) is 0 Å². The monoisotopic (exact) mass is 409 g/mol. The van der Waals surface area contributed by atoms with E-state index in [0.29, 0.717) is 0 Å². The van der Waals surface area contributed by atoms with E-state index in [9.17, 15) is 0 Å². The molecular weight excluding hydrogens is 380 g/mol. The molecule has 0 aliphatic rings. The van der Waals surface area contributed by atoms with Crippen molar-refractivity contribution in [3.05, 3.63) is 83.4 Å². The van der Waals surface area contributed by atoms with Crippen molar-refractivity contribution in [3.8, 4) is 33.8 Å². The summed E-state index contributed by atoms with van der Waals surface area (Å²) in [5.41, 5.74) is 8.20. The van der Waals surface area contributed by atoms with E-state index in [-0.39, 0.29) is 0 Å². The Hall–Kier alpha value is -3.26. The van der Waals surface area contributed by atoms with Gasteiger partial charge in [0.15, 0.2) is 0 Å². The molecule has 0 aromatic heterocycles. The number of methoxy groups -OCH3 is 2. The number of ether oxygens (including phenoxy) is 2. The van der Waals surface area contributed by atoms with E-state index >= 15 is 0 Å². The Balaban J connectivity index is 2.07. The zero-order chi connectivity index (χ0) is 22.0. The highest BCUT2D eigenvalue weighted by Gasteiger charge is 2.17. The summed E-state index contributed by atoms with van der Waals surface area (Å²) in [6.45, 7) is 6.41. The summed E-state index contributed by atoms with van der Waals surface area (Å²) in [4.78, 5) is 0. The van der Waals surface area contributed by atoms with Gasteiger partial charge in [0.1, 0.15) is 11.5 Å². The lowest BCUT2D eigenvalue weighted by Crippen LogP contribution is -1.96. The fourth-order valence-corrected chi connectivity index (χ4v) is 4.41. The predicted molar refractivity (Wildman–Crippen MR) is 130 cm³/mol. The van der Waals surface area contributed by atoms with Gasteiger partial charge in [-0.1, -0.05) is 49.7 Å². The summed E-state index contributed by atoms with van der Waals surface area (Å²) >= 11 is 0. The quantitative estimate of drug-likeness (QED) is 0.327. The first-order valence-electron chi connectivity index (χ1n) is 10.8.